The van der Waals surface area contributed by atoms with Crippen LogP contribution in [0.3, 0.4) is 0 Å². The summed E-state index contributed by atoms with van der Waals surface area (Å²) in [7, 11) is 3.04. The van der Waals surface area contributed by atoms with Gasteiger partial charge in [-0.2, -0.15) is 0 Å². The minimum Gasteiger partial charge on any atom is -0.465 e. The number of ether oxygens (including phenoxy) is 1. The van der Waals surface area contributed by atoms with E-state index in [0.717, 1.165) is 6.42 Å². The van der Waals surface area contributed by atoms with Crippen LogP contribution in [0.2, 0.25) is 0 Å². The molecule has 0 spiro atoms. The zero-order valence-corrected chi connectivity index (χ0v) is 11.3. The van der Waals surface area contributed by atoms with Gasteiger partial charge in [0.15, 0.2) is 0 Å². The molecule has 0 atom stereocenters. The van der Waals surface area contributed by atoms with E-state index in [1.165, 1.54) is 7.11 Å². The van der Waals surface area contributed by atoms with Gasteiger partial charge >= 0.3 is 5.97 Å². The van der Waals surface area contributed by atoms with E-state index in [9.17, 15) is 9.59 Å². The molecule has 1 aromatic rings. The molecule has 1 amide bonds. The summed E-state index contributed by atoms with van der Waals surface area (Å²) in [4.78, 5) is 24.6. The first kappa shape index (κ1) is 14.3. The zero-order chi connectivity index (χ0) is 13.7. The summed E-state index contributed by atoms with van der Waals surface area (Å²) in [5.41, 5.74) is 0.406. The lowest BCUT2D eigenvalue weighted by atomic mass is 10.2. The first-order valence-corrected chi connectivity index (χ1v) is 5.91. The average Bonchev–Trinajstić information content (AvgIpc) is 2.69. The first-order valence-electron chi connectivity index (χ1n) is 5.91. The smallest absolute Gasteiger partial charge is 0.341 e. The van der Waals surface area contributed by atoms with Crippen molar-refractivity contribution in [3.63, 3.8) is 0 Å². The maximum Gasteiger partial charge on any atom is 0.341 e. The molecule has 0 unspecified atom stereocenters. The molecule has 1 rings (SSSR count). The Morgan fingerprint density at radius 3 is 2.67 bits per heavy atom. The van der Waals surface area contributed by atoms with Gasteiger partial charge in [0.05, 0.1) is 13.7 Å². The predicted molar refractivity (Wildman–Crippen MR) is 66.2 cm³/mol. The van der Waals surface area contributed by atoms with E-state index in [1.807, 2.05) is 6.92 Å². The summed E-state index contributed by atoms with van der Waals surface area (Å²) in [6.45, 7) is 4.01. The minimum atomic E-state index is -0.426. The number of carbonyl (C=O) groups excluding carboxylic acids is 2. The first-order chi connectivity index (χ1) is 8.49. The largest absolute Gasteiger partial charge is 0.465 e. The Kier molecular flexibility index (Phi) is 4.95. The molecule has 0 aliphatic carbocycles. The van der Waals surface area contributed by atoms with Crippen LogP contribution < -0.4 is 0 Å². The fraction of sp³-hybridized carbons (Fsp3) is 0.538. The maximum atomic E-state index is 11.6. The summed E-state index contributed by atoms with van der Waals surface area (Å²) < 4.78 is 10.1. The van der Waals surface area contributed by atoms with Crippen LogP contribution in [0.1, 0.15) is 41.6 Å². The Morgan fingerprint density at radius 2 is 2.11 bits per heavy atom. The van der Waals surface area contributed by atoms with Crippen molar-refractivity contribution in [2.45, 2.75) is 33.2 Å². The quantitative estimate of drug-likeness (QED) is 0.754. The number of furan rings is 1. The molecule has 100 valence electrons. The highest BCUT2D eigenvalue weighted by Gasteiger charge is 2.17. The van der Waals surface area contributed by atoms with Crippen molar-refractivity contribution < 1.29 is 18.7 Å². The number of hydrogen-bond acceptors (Lipinski definition) is 4. The van der Waals surface area contributed by atoms with Crippen molar-refractivity contribution in [3.05, 3.63) is 23.2 Å². The standard InChI is InChI=1S/C13H19NO4/c1-5-6-12(15)14(3)8-10-7-11(9(2)18-10)13(16)17-4/h7H,5-6,8H2,1-4H3. The van der Waals surface area contributed by atoms with Gasteiger partial charge in [-0.05, 0) is 19.4 Å². The molecule has 0 saturated heterocycles. The van der Waals surface area contributed by atoms with E-state index >= 15 is 0 Å². The monoisotopic (exact) mass is 253 g/mol. The molecule has 0 aliphatic rings. The van der Waals surface area contributed by atoms with Crippen molar-refractivity contribution in [3.8, 4) is 0 Å². The number of nitrogens with zero attached hydrogens (tertiary/aromatic N) is 1. The van der Waals surface area contributed by atoms with E-state index in [2.05, 4.69) is 4.74 Å². The fourth-order valence-corrected chi connectivity index (χ4v) is 1.66. The third-order valence-electron chi connectivity index (χ3n) is 2.66. The molecule has 0 fully saturated rings. The van der Waals surface area contributed by atoms with E-state index in [0.29, 0.717) is 30.0 Å². The van der Waals surface area contributed by atoms with E-state index < -0.39 is 5.97 Å². The van der Waals surface area contributed by atoms with Gasteiger partial charge in [0, 0.05) is 13.5 Å². The predicted octanol–water partition coefficient (Wildman–Crippen LogP) is 2.13. The van der Waals surface area contributed by atoms with Crippen molar-refractivity contribution >= 4 is 11.9 Å². The minimum absolute atomic E-state index is 0.0613. The molecule has 18 heavy (non-hydrogen) atoms. The van der Waals surface area contributed by atoms with Crippen molar-refractivity contribution in [1.82, 2.24) is 4.90 Å². The zero-order valence-electron chi connectivity index (χ0n) is 11.3. The molecule has 0 saturated carbocycles. The second-order valence-corrected chi connectivity index (χ2v) is 4.17. The Hall–Kier alpha value is -1.78. The van der Waals surface area contributed by atoms with Crippen molar-refractivity contribution in [1.29, 1.82) is 0 Å². The Morgan fingerprint density at radius 1 is 1.44 bits per heavy atom. The van der Waals surface area contributed by atoms with Crippen LogP contribution in [0.4, 0.5) is 0 Å². The van der Waals surface area contributed by atoms with Crippen molar-refractivity contribution in [2.75, 3.05) is 14.2 Å². The summed E-state index contributed by atoms with van der Waals surface area (Å²) in [6, 6.07) is 1.62. The topological polar surface area (TPSA) is 59.8 Å². The Bertz CT molecular complexity index is 436. The number of hydrogen-bond donors (Lipinski definition) is 0. The molecular weight excluding hydrogens is 234 g/mol. The Labute approximate surface area is 107 Å². The third kappa shape index (κ3) is 3.35. The van der Waals surface area contributed by atoms with Gasteiger partial charge in [-0.15, -0.1) is 0 Å². The molecule has 1 aromatic heterocycles. The number of esters is 1. The number of carbonyl (C=O) groups is 2. The second-order valence-electron chi connectivity index (χ2n) is 4.17. The van der Waals surface area contributed by atoms with Crippen LogP contribution in [0.5, 0.6) is 0 Å². The molecule has 0 bridgehead atoms. The summed E-state index contributed by atoms with van der Waals surface area (Å²) in [5.74, 6) is 0.726. The molecule has 5 nitrogen and oxygen atoms in total. The number of rotatable bonds is 5. The van der Waals surface area contributed by atoms with Crippen LogP contribution in [-0.4, -0.2) is 30.9 Å². The highest BCUT2D eigenvalue weighted by molar-refractivity contribution is 5.90. The van der Waals surface area contributed by atoms with Crippen LogP contribution >= 0.6 is 0 Å². The third-order valence-corrected chi connectivity index (χ3v) is 2.66. The lowest BCUT2D eigenvalue weighted by molar-refractivity contribution is -0.130. The molecule has 0 aromatic carbocycles. The summed E-state index contributed by atoms with van der Waals surface area (Å²) in [5, 5.41) is 0. The molecular formula is C13H19NO4. The van der Waals surface area contributed by atoms with E-state index in [4.69, 9.17) is 4.42 Å². The number of methoxy groups -OCH3 is 1. The van der Waals surface area contributed by atoms with Crippen LogP contribution in [0.15, 0.2) is 10.5 Å². The molecule has 0 radical (unpaired) electrons. The van der Waals surface area contributed by atoms with E-state index in [1.54, 1.807) is 24.9 Å². The van der Waals surface area contributed by atoms with Gasteiger partial charge in [0.1, 0.15) is 17.1 Å². The molecule has 0 N–H and O–H groups in total. The summed E-state index contributed by atoms with van der Waals surface area (Å²) in [6.07, 6.45) is 1.33. The second kappa shape index (κ2) is 6.23. The molecule has 5 heteroatoms. The van der Waals surface area contributed by atoms with Gasteiger partial charge in [0.25, 0.3) is 0 Å². The van der Waals surface area contributed by atoms with Crippen LogP contribution in [-0.2, 0) is 16.1 Å². The summed E-state index contributed by atoms with van der Waals surface area (Å²) >= 11 is 0. The fourth-order valence-electron chi connectivity index (χ4n) is 1.66. The van der Waals surface area contributed by atoms with Gasteiger partial charge in [-0.25, -0.2) is 4.79 Å². The Balaban J connectivity index is 2.74. The maximum absolute atomic E-state index is 11.6. The van der Waals surface area contributed by atoms with Gasteiger partial charge < -0.3 is 14.1 Å². The van der Waals surface area contributed by atoms with Gasteiger partial charge in [0.2, 0.25) is 5.91 Å². The highest BCUT2D eigenvalue weighted by Crippen LogP contribution is 2.17. The SMILES string of the molecule is CCCC(=O)N(C)Cc1cc(C(=O)OC)c(C)o1. The number of amides is 1. The van der Waals surface area contributed by atoms with Crippen molar-refractivity contribution in [2.24, 2.45) is 0 Å². The number of aryl methyl sites for hydroxylation is 1. The van der Waals surface area contributed by atoms with Gasteiger partial charge in [-0.1, -0.05) is 6.92 Å². The molecule has 1 heterocycles. The highest BCUT2D eigenvalue weighted by atomic mass is 16.5. The lowest BCUT2D eigenvalue weighted by Crippen LogP contribution is -2.25. The lowest BCUT2D eigenvalue weighted by Gasteiger charge is -2.14. The van der Waals surface area contributed by atoms with E-state index in [-0.39, 0.29) is 5.91 Å². The normalized spacial score (nSPS) is 10.2. The van der Waals surface area contributed by atoms with Crippen LogP contribution in [0.25, 0.3) is 0 Å². The van der Waals surface area contributed by atoms with Gasteiger partial charge in [-0.3, -0.25) is 4.79 Å². The average molecular weight is 253 g/mol. The molecule has 0 aliphatic heterocycles. The van der Waals surface area contributed by atoms with Crippen LogP contribution in [0, 0.1) is 6.92 Å².